The van der Waals surface area contributed by atoms with Gasteiger partial charge in [0.15, 0.2) is 8.32 Å². The Morgan fingerprint density at radius 2 is 1.68 bits per heavy atom. The molecule has 19 heavy (non-hydrogen) atoms. The molecule has 1 unspecified atom stereocenters. The van der Waals surface area contributed by atoms with Gasteiger partial charge in [0, 0.05) is 13.0 Å². The maximum Gasteiger partial charge on any atom is 0.192 e. The van der Waals surface area contributed by atoms with Crippen molar-refractivity contribution in [1.82, 2.24) is 0 Å². The molecule has 0 aliphatic heterocycles. The standard InChI is InChI=1S/C16H32O2Si/c1-8-14(9-2)15(17)12-10-11-13-18-19(6,7)16(3,4)5/h14-15,17H,8-9,11,13H2,1-7H3. The van der Waals surface area contributed by atoms with Gasteiger partial charge in [-0.2, -0.15) is 0 Å². The molecule has 1 atom stereocenters. The lowest BCUT2D eigenvalue weighted by Crippen LogP contribution is -2.40. The van der Waals surface area contributed by atoms with Gasteiger partial charge >= 0.3 is 0 Å². The number of rotatable bonds is 6. The third-order valence-corrected chi connectivity index (χ3v) is 8.78. The topological polar surface area (TPSA) is 29.5 Å². The predicted octanol–water partition coefficient (Wildman–Crippen LogP) is 4.20. The van der Waals surface area contributed by atoms with Crippen molar-refractivity contribution in [2.75, 3.05) is 6.61 Å². The third-order valence-electron chi connectivity index (χ3n) is 4.24. The molecule has 0 rings (SSSR count). The zero-order chi connectivity index (χ0) is 15.1. The van der Waals surface area contributed by atoms with Crippen LogP contribution in [0, 0.1) is 17.8 Å². The fourth-order valence-corrected chi connectivity index (χ4v) is 2.65. The van der Waals surface area contributed by atoms with Crippen molar-refractivity contribution in [3.05, 3.63) is 0 Å². The highest BCUT2D eigenvalue weighted by molar-refractivity contribution is 6.74. The zero-order valence-corrected chi connectivity index (χ0v) is 14.8. The summed E-state index contributed by atoms with van der Waals surface area (Å²) in [4.78, 5) is 0. The molecule has 0 bridgehead atoms. The van der Waals surface area contributed by atoms with Crippen LogP contribution in [0.1, 0.15) is 53.9 Å². The summed E-state index contributed by atoms with van der Waals surface area (Å²) >= 11 is 0. The molecule has 0 aromatic rings. The van der Waals surface area contributed by atoms with Gasteiger partial charge in [0.1, 0.15) is 6.10 Å². The average Bonchev–Trinajstić information content (AvgIpc) is 2.28. The van der Waals surface area contributed by atoms with E-state index in [1.54, 1.807) is 0 Å². The number of hydrogen-bond donors (Lipinski definition) is 1. The fraction of sp³-hybridized carbons (Fsp3) is 0.875. The van der Waals surface area contributed by atoms with Crippen LogP contribution >= 0.6 is 0 Å². The van der Waals surface area contributed by atoms with Crippen LogP contribution in [0.15, 0.2) is 0 Å². The highest BCUT2D eigenvalue weighted by Crippen LogP contribution is 2.36. The van der Waals surface area contributed by atoms with Crippen LogP contribution < -0.4 is 0 Å². The number of aliphatic hydroxyl groups excluding tert-OH is 1. The Hall–Kier alpha value is -0.303. The zero-order valence-electron chi connectivity index (χ0n) is 13.8. The number of aliphatic hydroxyl groups is 1. The van der Waals surface area contributed by atoms with Crippen molar-refractivity contribution < 1.29 is 9.53 Å². The van der Waals surface area contributed by atoms with Crippen LogP contribution in [0.4, 0.5) is 0 Å². The van der Waals surface area contributed by atoms with Crippen molar-refractivity contribution in [3.63, 3.8) is 0 Å². The van der Waals surface area contributed by atoms with Gasteiger partial charge in [-0.15, -0.1) is 0 Å². The Morgan fingerprint density at radius 3 is 2.11 bits per heavy atom. The van der Waals surface area contributed by atoms with Crippen LogP contribution in [0.5, 0.6) is 0 Å². The van der Waals surface area contributed by atoms with Crippen molar-refractivity contribution in [2.45, 2.75) is 78.1 Å². The van der Waals surface area contributed by atoms with Crippen LogP contribution in [-0.4, -0.2) is 26.1 Å². The van der Waals surface area contributed by atoms with E-state index < -0.39 is 14.4 Å². The van der Waals surface area contributed by atoms with E-state index in [1.807, 2.05) is 0 Å². The first-order valence-corrected chi connectivity index (χ1v) is 10.4. The molecule has 0 aliphatic rings. The minimum atomic E-state index is -1.65. The number of hydrogen-bond acceptors (Lipinski definition) is 2. The molecule has 0 aliphatic carbocycles. The smallest absolute Gasteiger partial charge is 0.192 e. The summed E-state index contributed by atoms with van der Waals surface area (Å²) in [5.41, 5.74) is 0. The van der Waals surface area contributed by atoms with Gasteiger partial charge in [0.05, 0.1) is 0 Å². The highest BCUT2D eigenvalue weighted by atomic mass is 28.4. The van der Waals surface area contributed by atoms with Gasteiger partial charge in [0.25, 0.3) is 0 Å². The first-order valence-electron chi connectivity index (χ1n) is 7.46. The molecule has 0 saturated heterocycles. The van der Waals surface area contributed by atoms with Crippen molar-refractivity contribution in [3.8, 4) is 11.8 Å². The summed E-state index contributed by atoms with van der Waals surface area (Å²) in [6.07, 6.45) is 2.19. The van der Waals surface area contributed by atoms with E-state index in [9.17, 15) is 5.11 Å². The lowest BCUT2D eigenvalue weighted by molar-refractivity contribution is 0.155. The molecule has 0 heterocycles. The summed E-state index contributed by atoms with van der Waals surface area (Å²) in [5, 5.41) is 10.1. The highest BCUT2D eigenvalue weighted by Gasteiger charge is 2.36. The molecule has 0 aromatic carbocycles. The summed E-state index contributed by atoms with van der Waals surface area (Å²) in [7, 11) is -1.65. The lowest BCUT2D eigenvalue weighted by atomic mass is 9.97. The molecule has 0 radical (unpaired) electrons. The minimum absolute atomic E-state index is 0.245. The molecular formula is C16H32O2Si. The van der Waals surface area contributed by atoms with E-state index in [-0.39, 0.29) is 5.04 Å². The van der Waals surface area contributed by atoms with Gasteiger partial charge in [0.2, 0.25) is 0 Å². The molecule has 3 heteroatoms. The van der Waals surface area contributed by atoms with Gasteiger partial charge < -0.3 is 9.53 Å². The van der Waals surface area contributed by atoms with Gasteiger partial charge in [-0.25, -0.2) is 0 Å². The summed E-state index contributed by atoms with van der Waals surface area (Å²) < 4.78 is 6.04. The summed E-state index contributed by atoms with van der Waals surface area (Å²) in [5.74, 6) is 6.31. The molecule has 1 N–H and O–H groups in total. The van der Waals surface area contributed by atoms with E-state index in [4.69, 9.17) is 4.43 Å². The Morgan fingerprint density at radius 1 is 1.16 bits per heavy atom. The van der Waals surface area contributed by atoms with Crippen LogP contribution in [0.3, 0.4) is 0 Å². The summed E-state index contributed by atoms with van der Waals surface area (Å²) in [6.45, 7) is 16.1. The Balaban J connectivity index is 4.13. The quantitative estimate of drug-likeness (QED) is 0.450. The average molecular weight is 285 g/mol. The lowest BCUT2D eigenvalue weighted by Gasteiger charge is -2.35. The normalized spacial score (nSPS) is 14.2. The summed E-state index contributed by atoms with van der Waals surface area (Å²) in [6, 6.07) is 0. The van der Waals surface area contributed by atoms with E-state index >= 15 is 0 Å². The maximum absolute atomic E-state index is 9.89. The Kier molecular flexibility index (Phi) is 7.96. The second kappa shape index (κ2) is 8.09. The Labute approximate surface area is 121 Å². The monoisotopic (exact) mass is 284 g/mol. The Bertz CT molecular complexity index is 303. The van der Waals surface area contributed by atoms with Gasteiger partial charge in [-0.05, 0) is 36.9 Å². The second-order valence-corrected chi connectivity index (χ2v) is 11.5. The van der Waals surface area contributed by atoms with E-state index in [1.165, 1.54) is 0 Å². The third kappa shape index (κ3) is 6.60. The molecule has 2 nitrogen and oxygen atoms in total. The van der Waals surface area contributed by atoms with Crippen molar-refractivity contribution in [2.24, 2.45) is 5.92 Å². The molecule has 112 valence electrons. The van der Waals surface area contributed by atoms with Gasteiger partial charge in [-0.1, -0.05) is 46.5 Å². The fourth-order valence-electron chi connectivity index (χ4n) is 1.60. The van der Waals surface area contributed by atoms with Crippen LogP contribution in [0.2, 0.25) is 18.1 Å². The van der Waals surface area contributed by atoms with E-state index in [0.29, 0.717) is 18.9 Å². The first kappa shape index (κ1) is 18.7. The van der Waals surface area contributed by atoms with Gasteiger partial charge in [-0.3, -0.25) is 0 Å². The van der Waals surface area contributed by atoms with E-state index in [0.717, 1.165) is 12.8 Å². The van der Waals surface area contributed by atoms with E-state index in [2.05, 4.69) is 59.6 Å². The minimum Gasteiger partial charge on any atom is -0.416 e. The first-order chi connectivity index (χ1) is 8.65. The van der Waals surface area contributed by atoms with Crippen LogP contribution in [-0.2, 0) is 4.43 Å². The van der Waals surface area contributed by atoms with Crippen molar-refractivity contribution in [1.29, 1.82) is 0 Å². The SMILES string of the molecule is CCC(CC)C(O)C#CCCO[Si](C)(C)C(C)(C)C. The molecule has 0 spiro atoms. The predicted molar refractivity (Wildman–Crippen MR) is 85.6 cm³/mol. The largest absolute Gasteiger partial charge is 0.416 e. The van der Waals surface area contributed by atoms with Crippen LogP contribution in [0.25, 0.3) is 0 Å². The molecule has 0 fully saturated rings. The molecule has 0 amide bonds. The maximum atomic E-state index is 9.89. The second-order valence-electron chi connectivity index (χ2n) is 6.70. The van der Waals surface area contributed by atoms with Crippen molar-refractivity contribution >= 4 is 8.32 Å². The molecule has 0 aromatic heterocycles. The molecular weight excluding hydrogens is 252 g/mol. The molecule has 0 saturated carbocycles.